The number of ether oxygens (including phenoxy) is 1. The third kappa shape index (κ3) is 3.54. The maximum absolute atomic E-state index is 13.6. The van der Waals surface area contributed by atoms with Crippen LogP contribution >= 0.6 is 0 Å². The number of rotatable bonds is 5. The van der Waals surface area contributed by atoms with E-state index in [1.165, 1.54) is 24.3 Å². The summed E-state index contributed by atoms with van der Waals surface area (Å²) in [7, 11) is -3.34. The van der Waals surface area contributed by atoms with Crippen LogP contribution in [-0.2, 0) is 27.5 Å². The van der Waals surface area contributed by atoms with E-state index in [0.29, 0.717) is 16.7 Å². The van der Waals surface area contributed by atoms with Gasteiger partial charge in [-0.1, -0.05) is 12.1 Å². The third-order valence-electron chi connectivity index (χ3n) is 5.33. The van der Waals surface area contributed by atoms with E-state index in [2.05, 4.69) is 4.57 Å². The van der Waals surface area contributed by atoms with Crippen LogP contribution in [0.1, 0.15) is 29.4 Å². The lowest BCUT2D eigenvalue weighted by atomic mass is 9.96. The van der Waals surface area contributed by atoms with Crippen LogP contribution < -0.4 is 0 Å². The van der Waals surface area contributed by atoms with E-state index in [4.69, 9.17) is 4.74 Å². The Hall–Kier alpha value is -2.93. The number of carbonyl (C=O) groups excluding carboxylic acids is 1. The molecule has 0 saturated carbocycles. The summed E-state index contributed by atoms with van der Waals surface area (Å²) in [5.41, 5.74) is 4.41. The third-order valence-corrected chi connectivity index (χ3v) is 6.46. The summed E-state index contributed by atoms with van der Waals surface area (Å²) in [6.07, 6.45) is 2.80. The summed E-state index contributed by atoms with van der Waals surface area (Å²) in [5.74, 6) is -0.740. The number of hydrogen-bond acceptors (Lipinski definition) is 4. The van der Waals surface area contributed by atoms with Crippen molar-refractivity contribution in [2.45, 2.75) is 31.2 Å². The Bertz CT molecular complexity index is 1210. The largest absolute Gasteiger partial charge is 0.462 e. The summed E-state index contributed by atoms with van der Waals surface area (Å²) in [6, 6.07) is 12.7. The Morgan fingerprint density at radius 3 is 2.30 bits per heavy atom. The van der Waals surface area contributed by atoms with Crippen molar-refractivity contribution in [1.82, 2.24) is 4.57 Å². The van der Waals surface area contributed by atoms with E-state index in [0.717, 1.165) is 42.6 Å². The lowest BCUT2D eigenvalue weighted by Crippen LogP contribution is -2.08. The number of carbonyl (C=O) groups is 1. The predicted octanol–water partition coefficient (Wildman–Crippen LogP) is 4.49. The van der Waals surface area contributed by atoms with Gasteiger partial charge in [-0.3, -0.25) is 0 Å². The second-order valence-corrected chi connectivity index (χ2v) is 9.34. The maximum Gasteiger partial charge on any atom is 0.340 e. The molecule has 5 nitrogen and oxygen atoms in total. The van der Waals surface area contributed by atoms with Gasteiger partial charge in [0.15, 0.2) is 9.84 Å². The first-order chi connectivity index (χ1) is 14.3. The molecule has 1 aliphatic heterocycles. The summed E-state index contributed by atoms with van der Waals surface area (Å²) < 4.78 is 44.7. The minimum absolute atomic E-state index is 0.207. The molecule has 3 aromatic rings. The molecule has 0 fully saturated rings. The van der Waals surface area contributed by atoms with Crippen molar-refractivity contribution in [3.63, 3.8) is 0 Å². The van der Waals surface area contributed by atoms with Crippen molar-refractivity contribution in [1.29, 1.82) is 0 Å². The molecule has 4 rings (SSSR count). The molecule has 156 valence electrons. The quantitative estimate of drug-likeness (QED) is 0.563. The molecule has 1 aliphatic rings. The van der Waals surface area contributed by atoms with E-state index in [1.807, 2.05) is 0 Å². The molecule has 0 amide bonds. The molecule has 0 unspecified atom stereocenters. The smallest absolute Gasteiger partial charge is 0.340 e. The minimum atomic E-state index is -3.34. The van der Waals surface area contributed by atoms with Gasteiger partial charge in [0.05, 0.1) is 22.8 Å². The number of esters is 1. The molecule has 2 heterocycles. The Labute approximate surface area is 175 Å². The molecular weight excluding hydrogens is 405 g/mol. The molecule has 0 N–H and O–H groups in total. The average molecular weight is 427 g/mol. The molecule has 0 radical (unpaired) electrons. The van der Waals surface area contributed by atoms with Crippen LogP contribution in [0.3, 0.4) is 0 Å². The molecule has 0 bridgehead atoms. The number of fused-ring (bicyclic) bond motifs is 1. The van der Waals surface area contributed by atoms with Gasteiger partial charge in [-0.15, -0.1) is 0 Å². The predicted molar refractivity (Wildman–Crippen MR) is 113 cm³/mol. The van der Waals surface area contributed by atoms with E-state index >= 15 is 0 Å². The summed E-state index contributed by atoms with van der Waals surface area (Å²) in [5, 5.41) is 0. The van der Waals surface area contributed by atoms with Crippen LogP contribution in [0.4, 0.5) is 4.39 Å². The summed E-state index contributed by atoms with van der Waals surface area (Å²) in [6.45, 7) is 2.76. The van der Waals surface area contributed by atoms with Crippen LogP contribution in [0.25, 0.3) is 22.4 Å². The van der Waals surface area contributed by atoms with E-state index in [-0.39, 0.29) is 17.3 Å². The lowest BCUT2D eigenvalue weighted by Gasteiger charge is -2.12. The number of halogens is 1. The molecule has 0 aliphatic carbocycles. The Morgan fingerprint density at radius 2 is 1.70 bits per heavy atom. The van der Waals surface area contributed by atoms with Crippen LogP contribution in [0.2, 0.25) is 0 Å². The second kappa shape index (κ2) is 7.72. The van der Waals surface area contributed by atoms with Gasteiger partial charge in [-0.25, -0.2) is 17.6 Å². The second-order valence-electron chi connectivity index (χ2n) is 7.32. The van der Waals surface area contributed by atoms with Gasteiger partial charge in [0.1, 0.15) is 5.82 Å². The maximum atomic E-state index is 13.6. The van der Waals surface area contributed by atoms with Gasteiger partial charge < -0.3 is 9.30 Å². The van der Waals surface area contributed by atoms with Gasteiger partial charge >= 0.3 is 5.97 Å². The fraction of sp³-hybridized carbons (Fsp3) is 0.261. The molecule has 0 spiro atoms. The first kappa shape index (κ1) is 20.3. The van der Waals surface area contributed by atoms with Crippen LogP contribution in [0.5, 0.6) is 0 Å². The van der Waals surface area contributed by atoms with Crippen LogP contribution in [-0.4, -0.2) is 31.8 Å². The molecule has 0 atom stereocenters. The van der Waals surface area contributed by atoms with Crippen molar-refractivity contribution >= 4 is 15.8 Å². The first-order valence-corrected chi connectivity index (χ1v) is 11.7. The molecule has 0 saturated heterocycles. The highest BCUT2D eigenvalue weighted by molar-refractivity contribution is 7.90. The summed E-state index contributed by atoms with van der Waals surface area (Å²) in [4.78, 5) is 13.1. The molecule has 2 aromatic carbocycles. The van der Waals surface area contributed by atoms with Gasteiger partial charge in [-0.2, -0.15) is 0 Å². The highest BCUT2D eigenvalue weighted by Gasteiger charge is 2.31. The number of hydrogen-bond donors (Lipinski definition) is 0. The minimum Gasteiger partial charge on any atom is -0.462 e. The monoisotopic (exact) mass is 427 g/mol. The van der Waals surface area contributed by atoms with E-state index in [9.17, 15) is 17.6 Å². The zero-order chi connectivity index (χ0) is 21.5. The Balaban J connectivity index is 1.99. The van der Waals surface area contributed by atoms with Crippen molar-refractivity contribution < 1.29 is 22.3 Å². The topological polar surface area (TPSA) is 65.4 Å². The van der Waals surface area contributed by atoms with E-state index < -0.39 is 15.8 Å². The Kier molecular flexibility index (Phi) is 5.24. The zero-order valence-corrected chi connectivity index (χ0v) is 17.6. The number of aromatic nitrogens is 1. The first-order valence-electron chi connectivity index (χ1n) is 9.80. The molecule has 1 aromatic heterocycles. The molecule has 30 heavy (non-hydrogen) atoms. The average Bonchev–Trinajstić information content (AvgIpc) is 3.28. The Morgan fingerprint density at radius 1 is 1.07 bits per heavy atom. The van der Waals surface area contributed by atoms with Gasteiger partial charge in [0, 0.05) is 24.1 Å². The van der Waals surface area contributed by atoms with Gasteiger partial charge in [-0.05, 0) is 67.3 Å². The van der Waals surface area contributed by atoms with Crippen LogP contribution in [0.15, 0.2) is 53.4 Å². The highest BCUT2D eigenvalue weighted by atomic mass is 32.2. The standard InChI is InChI=1S/C23H22FNO4S/c1-3-29-23(26)21-19-5-4-14-25(19)22(16-6-10-17(24)11-7-16)20(21)15-8-12-18(13-9-15)30(2,27)28/h6-13H,3-5,14H2,1-2H3. The number of nitrogens with zero attached hydrogens (tertiary/aromatic N) is 1. The summed E-state index contributed by atoms with van der Waals surface area (Å²) >= 11 is 0. The zero-order valence-electron chi connectivity index (χ0n) is 16.8. The number of sulfone groups is 1. The van der Waals surface area contributed by atoms with Crippen molar-refractivity contribution in [2.24, 2.45) is 0 Å². The molecule has 7 heteroatoms. The fourth-order valence-electron chi connectivity index (χ4n) is 4.06. The van der Waals surface area contributed by atoms with Gasteiger partial charge in [0.2, 0.25) is 0 Å². The highest BCUT2D eigenvalue weighted by Crippen LogP contribution is 2.42. The number of benzene rings is 2. The normalized spacial score (nSPS) is 13.3. The van der Waals surface area contributed by atoms with Crippen LogP contribution in [0, 0.1) is 5.82 Å². The van der Waals surface area contributed by atoms with E-state index in [1.54, 1.807) is 31.2 Å². The SMILES string of the molecule is CCOC(=O)c1c(-c2ccc(S(C)(=O)=O)cc2)c(-c2ccc(F)cc2)n2c1CCC2. The lowest BCUT2D eigenvalue weighted by molar-refractivity contribution is 0.0526. The molecular formula is C23H22FNO4S. The van der Waals surface area contributed by atoms with Crippen molar-refractivity contribution in [3.05, 3.63) is 65.6 Å². The van der Waals surface area contributed by atoms with Gasteiger partial charge in [0.25, 0.3) is 0 Å². The van der Waals surface area contributed by atoms with Crippen molar-refractivity contribution in [3.8, 4) is 22.4 Å². The van der Waals surface area contributed by atoms with Crippen molar-refractivity contribution in [2.75, 3.05) is 12.9 Å². The fourth-order valence-corrected chi connectivity index (χ4v) is 4.69.